The first kappa shape index (κ1) is 19.3. The Morgan fingerprint density at radius 2 is 1.60 bits per heavy atom. The average Bonchev–Trinajstić information content (AvgIpc) is 2.55. The summed E-state index contributed by atoms with van der Waals surface area (Å²) in [6, 6.07) is 9.26. The van der Waals surface area contributed by atoms with E-state index >= 15 is 0 Å². The minimum atomic E-state index is -3.60. The molecule has 25 heavy (non-hydrogen) atoms. The van der Waals surface area contributed by atoms with Gasteiger partial charge in [0.15, 0.2) is 0 Å². The van der Waals surface area contributed by atoms with Gasteiger partial charge in [0.1, 0.15) is 18.1 Å². The Kier molecular flexibility index (Phi) is 6.08. The van der Waals surface area contributed by atoms with Gasteiger partial charge in [-0.3, -0.25) is 0 Å². The van der Waals surface area contributed by atoms with Crippen LogP contribution in [-0.4, -0.2) is 28.7 Å². The monoisotopic (exact) mass is 363 g/mol. The van der Waals surface area contributed by atoms with E-state index in [4.69, 9.17) is 9.47 Å². The van der Waals surface area contributed by atoms with Gasteiger partial charge >= 0.3 is 0 Å². The molecule has 2 aromatic carbocycles. The lowest BCUT2D eigenvalue weighted by molar-refractivity contribution is 0.318. The van der Waals surface area contributed by atoms with Gasteiger partial charge in [0.25, 0.3) is 0 Å². The maximum absolute atomic E-state index is 12.5. The number of benzene rings is 2. The second-order valence-corrected chi connectivity index (χ2v) is 7.79. The van der Waals surface area contributed by atoms with Gasteiger partial charge in [-0.1, -0.05) is 18.2 Å². The molecule has 0 heterocycles. The van der Waals surface area contributed by atoms with E-state index in [9.17, 15) is 8.42 Å². The Hall–Kier alpha value is -2.05. The van der Waals surface area contributed by atoms with Crippen molar-refractivity contribution in [1.82, 2.24) is 4.72 Å². The highest BCUT2D eigenvalue weighted by Gasteiger charge is 2.18. The molecule has 0 amide bonds. The lowest BCUT2D eigenvalue weighted by Gasteiger charge is -2.14. The van der Waals surface area contributed by atoms with Crippen LogP contribution in [0.4, 0.5) is 0 Å². The molecule has 5 nitrogen and oxygen atoms in total. The number of ether oxygens (including phenoxy) is 2. The third-order valence-corrected chi connectivity index (χ3v) is 5.63. The summed E-state index contributed by atoms with van der Waals surface area (Å²) in [5, 5.41) is 0. The van der Waals surface area contributed by atoms with E-state index in [2.05, 4.69) is 4.72 Å². The summed E-state index contributed by atoms with van der Waals surface area (Å²) >= 11 is 0. The summed E-state index contributed by atoms with van der Waals surface area (Å²) in [4.78, 5) is 0.262. The van der Waals surface area contributed by atoms with Crippen molar-refractivity contribution in [2.75, 3.05) is 20.3 Å². The van der Waals surface area contributed by atoms with E-state index in [0.29, 0.717) is 11.3 Å². The summed E-state index contributed by atoms with van der Waals surface area (Å²) in [5.74, 6) is 1.48. The van der Waals surface area contributed by atoms with Crippen LogP contribution in [-0.2, 0) is 10.0 Å². The number of rotatable bonds is 7. The average molecular weight is 363 g/mol. The second-order valence-electron chi connectivity index (χ2n) is 6.05. The lowest BCUT2D eigenvalue weighted by Crippen LogP contribution is -2.29. The molecule has 0 unspecified atom stereocenters. The molecule has 0 spiro atoms. The zero-order valence-corrected chi connectivity index (χ0v) is 16.2. The standard InChI is InChI=1S/C19H25NO4S/c1-13-7-6-8-14(2)19(13)24-10-9-20-25(21,22)18-12-15(3)17(23-5)11-16(18)4/h6-8,11-12,20H,9-10H2,1-5H3. The van der Waals surface area contributed by atoms with Gasteiger partial charge in [0.05, 0.1) is 12.0 Å². The molecule has 0 aliphatic carbocycles. The van der Waals surface area contributed by atoms with Gasteiger partial charge < -0.3 is 9.47 Å². The Bertz CT molecular complexity index is 840. The Balaban J connectivity index is 2.04. The molecule has 0 fully saturated rings. The molecular formula is C19H25NO4S. The fourth-order valence-corrected chi connectivity index (χ4v) is 4.03. The van der Waals surface area contributed by atoms with Crippen LogP contribution in [0.2, 0.25) is 0 Å². The molecule has 0 atom stereocenters. The smallest absolute Gasteiger partial charge is 0.240 e. The number of methoxy groups -OCH3 is 1. The quantitative estimate of drug-likeness (QED) is 0.767. The third-order valence-electron chi connectivity index (χ3n) is 4.03. The highest BCUT2D eigenvalue weighted by atomic mass is 32.2. The molecule has 2 aromatic rings. The highest BCUT2D eigenvalue weighted by Crippen LogP contribution is 2.25. The van der Waals surface area contributed by atoms with E-state index in [1.54, 1.807) is 26.2 Å². The topological polar surface area (TPSA) is 64.6 Å². The van der Waals surface area contributed by atoms with Gasteiger partial charge in [-0.15, -0.1) is 0 Å². The molecule has 0 aromatic heterocycles. The summed E-state index contributed by atoms with van der Waals surface area (Å²) in [6.07, 6.45) is 0. The molecule has 0 bridgehead atoms. The molecule has 0 aliphatic rings. The first-order valence-electron chi connectivity index (χ1n) is 8.10. The van der Waals surface area contributed by atoms with Crippen molar-refractivity contribution in [3.05, 3.63) is 52.6 Å². The van der Waals surface area contributed by atoms with Gasteiger partial charge in [-0.25, -0.2) is 13.1 Å². The van der Waals surface area contributed by atoms with Crippen LogP contribution in [0, 0.1) is 27.7 Å². The normalized spacial score (nSPS) is 11.4. The molecule has 2 rings (SSSR count). The number of hydrogen-bond donors (Lipinski definition) is 1. The Morgan fingerprint density at radius 3 is 2.20 bits per heavy atom. The molecule has 0 radical (unpaired) electrons. The second kappa shape index (κ2) is 7.89. The van der Waals surface area contributed by atoms with Gasteiger partial charge in [-0.05, 0) is 62.1 Å². The molecule has 1 N–H and O–H groups in total. The summed E-state index contributed by atoms with van der Waals surface area (Å²) in [5.41, 5.74) is 3.49. The molecule has 0 aliphatic heterocycles. The summed E-state index contributed by atoms with van der Waals surface area (Å²) < 4.78 is 38.7. The van der Waals surface area contributed by atoms with E-state index < -0.39 is 10.0 Å². The first-order chi connectivity index (χ1) is 11.8. The van der Waals surface area contributed by atoms with Crippen LogP contribution in [0.5, 0.6) is 11.5 Å². The maximum atomic E-state index is 12.5. The molecule has 0 saturated heterocycles. The van der Waals surface area contributed by atoms with Crippen molar-refractivity contribution in [3.63, 3.8) is 0 Å². The maximum Gasteiger partial charge on any atom is 0.240 e. The van der Waals surface area contributed by atoms with E-state index in [1.807, 2.05) is 39.0 Å². The van der Waals surface area contributed by atoms with Crippen molar-refractivity contribution in [2.45, 2.75) is 32.6 Å². The fourth-order valence-electron chi connectivity index (χ4n) is 2.71. The van der Waals surface area contributed by atoms with Crippen molar-refractivity contribution in [1.29, 1.82) is 0 Å². The molecule has 136 valence electrons. The van der Waals surface area contributed by atoms with Gasteiger partial charge in [-0.2, -0.15) is 0 Å². The van der Waals surface area contributed by atoms with Gasteiger partial charge in [0, 0.05) is 6.54 Å². The predicted octanol–water partition coefficient (Wildman–Crippen LogP) is 3.29. The largest absolute Gasteiger partial charge is 0.496 e. The lowest BCUT2D eigenvalue weighted by atomic mass is 10.1. The van der Waals surface area contributed by atoms with E-state index in [-0.39, 0.29) is 18.0 Å². The van der Waals surface area contributed by atoms with E-state index in [0.717, 1.165) is 22.4 Å². The van der Waals surface area contributed by atoms with Crippen molar-refractivity contribution >= 4 is 10.0 Å². The Morgan fingerprint density at radius 1 is 0.960 bits per heavy atom. The van der Waals surface area contributed by atoms with Crippen molar-refractivity contribution in [3.8, 4) is 11.5 Å². The van der Waals surface area contributed by atoms with Crippen LogP contribution in [0.15, 0.2) is 35.2 Å². The first-order valence-corrected chi connectivity index (χ1v) is 9.58. The number of nitrogens with one attached hydrogen (secondary N) is 1. The SMILES string of the molecule is COc1cc(C)c(S(=O)(=O)NCCOc2c(C)cccc2C)cc1C. The minimum absolute atomic E-state index is 0.195. The number of para-hydroxylation sites is 1. The minimum Gasteiger partial charge on any atom is -0.496 e. The predicted molar refractivity (Wildman–Crippen MR) is 99.1 cm³/mol. The highest BCUT2D eigenvalue weighted by molar-refractivity contribution is 7.89. The number of sulfonamides is 1. The van der Waals surface area contributed by atoms with Crippen LogP contribution in [0.1, 0.15) is 22.3 Å². The van der Waals surface area contributed by atoms with Gasteiger partial charge in [0.2, 0.25) is 10.0 Å². The number of hydrogen-bond acceptors (Lipinski definition) is 4. The number of aryl methyl sites for hydroxylation is 4. The summed E-state index contributed by atoms with van der Waals surface area (Å²) in [6.45, 7) is 7.97. The van der Waals surface area contributed by atoms with Crippen LogP contribution >= 0.6 is 0 Å². The molecule has 6 heteroatoms. The summed E-state index contributed by atoms with van der Waals surface area (Å²) in [7, 11) is -2.03. The molecule has 0 saturated carbocycles. The zero-order chi connectivity index (χ0) is 18.6. The van der Waals surface area contributed by atoms with Crippen molar-refractivity contribution in [2.24, 2.45) is 0 Å². The van der Waals surface area contributed by atoms with Crippen LogP contribution in [0.25, 0.3) is 0 Å². The third kappa shape index (κ3) is 4.52. The van der Waals surface area contributed by atoms with Crippen LogP contribution < -0.4 is 14.2 Å². The van der Waals surface area contributed by atoms with Crippen LogP contribution in [0.3, 0.4) is 0 Å². The van der Waals surface area contributed by atoms with E-state index in [1.165, 1.54) is 0 Å². The van der Waals surface area contributed by atoms with Crippen molar-refractivity contribution < 1.29 is 17.9 Å². The fraction of sp³-hybridized carbons (Fsp3) is 0.368. The Labute approximate surface area is 150 Å². The molecular weight excluding hydrogens is 338 g/mol. The zero-order valence-electron chi connectivity index (χ0n) is 15.3.